The van der Waals surface area contributed by atoms with E-state index < -0.39 is 0 Å². The molecule has 3 aromatic rings. The van der Waals surface area contributed by atoms with E-state index in [9.17, 15) is 4.79 Å². The molecule has 5 rings (SSSR count). The number of rotatable bonds is 4. The molecule has 3 heterocycles. The van der Waals surface area contributed by atoms with Crippen molar-refractivity contribution in [2.45, 2.75) is 38.4 Å². The molecule has 148 valence electrons. The van der Waals surface area contributed by atoms with Crippen molar-refractivity contribution in [1.82, 2.24) is 9.88 Å². The fourth-order valence-electron chi connectivity index (χ4n) is 5.03. The first kappa shape index (κ1) is 18.5. The molecule has 29 heavy (non-hydrogen) atoms. The molecule has 4 heteroatoms. The van der Waals surface area contributed by atoms with Crippen molar-refractivity contribution < 1.29 is 9.53 Å². The van der Waals surface area contributed by atoms with Gasteiger partial charge in [-0.1, -0.05) is 48.5 Å². The van der Waals surface area contributed by atoms with E-state index in [1.54, 1.807) is 6.20 Å². The Morgan fingerprint density at radius 3 is 2.55 bits per heavy atom. The predicted octanol–water partition coefficient (Wildman–Crippen LogP) is 4.41. The van der Waals surface area contributed by atoms with Crippen LogP contribution in [0.5, 0.6) is 0 Å². The average molecular weight is 386 g/mol. The molecule has 0 amide bonds. The van der Waals surface area contributed by atoms with E-state index in [2.05, 4.69) is 40.2 Å². The van der Waals surface area contributed by atoms with Crippen LogP contribution >= 0.6 is 0 Å². The normalized spacial score (nSPS) is 24.5. The Morgan fingerprint density at radius 1 is 1.03 bits per heavy atom. The number of morpholine rings is 1. The molecule has 2 aliphatic heterocycles. The number of hydrogen-bond donors (Lipinski definition) is 0. The van der Waals surface area contributed by atoms with Crippen LogP contribution in [0, 0.1) is 12.8 Å². The number of aromatic nitrogens is 1. The number of fused-ring (bicyclic) bond motifs is 3. The molecule has 2 aromatic carbocycles. The first-order valence-corrected chi connectivity index (χ1v) is 10.5. The second-order valence-electron chi connectivity index (χ2n) is 8.35. The standard InChI is InChI=1S/C25H26N2O2/c1-17-23(10-9-19-8-5-11-26-24(17)19)25(28)20-12-21-15-29-16-22(13-20)27(21)14-18-6-3-2-4-7-18/h2-11,20-22H,12-16H2,1H3. The average Bonchev–Trinajstić information content (AvgIpc) is 2.74. The first-order chi connectivity index (χ1) is 14.2. The van der Waals surface area contributed by atoms with E-state index in [-0.39, 0.29) is 11.7 Å². The van der Waals surface area contributed by atoms with Crippen molar-refractivity contribution >= 4 is 16.7 Å². The number of piperidine rings is 1. The SMILES string of the molecule is Cc1c(C(=O)C2CC3COCC(C2)N3Cc2ccccc2)ccc2cccnc12. The van der Waals surface area contributed by atoms with E-state index in [0.29, 0.717) is 25.3 Å². The van der Waals surface area contributed by atoms with Gasteiger partial charge in [-0.05, 0) is 37.0 Å². The van der Waals surface area contributed by atoms with Crippen molar-refractivity contribution in [2.75, 3.05) is 13.2 Å². The topological polar surface area (TPSA) is 42.4 Å². The van der Waals surface area contributed by atoms with Gasteiger partial charge in [-0.15, -0.1) is 0 Å². The zero-order valence-corrected chi connectivity index (χ0v) is 16.8. The van der Waals surface area contributed by atoms with Crippen molar-refractivity contribution in [3.8, 4) is 0 Å². The zero-order chi connectivity index (χ0) is 19.8. The van der Waals surface area contributed by atoms with E-state index in [1.165, 1.54) is 5.56 Å². The van der Waals surface area contributed by atoms with Gasteiger partial charge in [-0.3, -0.25) is 14.7 Å². The fourth-order valence-corrected chi connectivity index (χ4v) is 5.03. The van der Waals surface area contributed by atoms with Gasteiger partial charge in [0.2, 0.25) is 0 Å². The quantitative estimate of drug-likeness (QED) is 0.623. The van der Waals surface area contributed by atoms with Crippen LogP contribution in [0.2, 0.25) is 0 Å². The van der Waals surface area contributed by atoms with Crippen LogP contribution in [-0.4, -0.2) is 41.0 Å². The largest absolute Gasteiger partial charge is 0.378 e. The Bertz CT molecular complexity index is 1020. The highest BCUT2D eigenvalue weighted by atomic mass is 16.5. The Labute approximate surface area is 171 Å². The number of aryl methyl sites for hydroxylation is 1. The van der Waals surface area contributed by atoms with Gasteiger partial charge in [0, 0.05) is 41.7 Å². The molecule has 0 spiro atoms. The minimum Gasteiger partial charge on any atom is -0.378 e. The number of ketones is 1. The third-order valence-electron chi connectivity index (χ3n) is 6.54. The Morgan fingerprint density at radius 2 is 1.79 bits per heavy atom. The fraction of sp³-hybridized carbons (Fsp3) is 0.360. The maximum Gasteiger partial charge on any atom is 0.166 e. The number of ether oxygens (including phenoxy) is 1. The first-order valence-electron chi connectivity index (χ1n) is 10.5. The molecule has 0 N–H and O–H groups in total. The summed E-state index contributed by atoms with van der Waals surface area (Å²) in [6.45, 7) is 4.38. The van der Waals surface area contributed by atoms with Gasteiger partial charge < -0.3 is 4.74 Å². The van der Waals surface area contributed by atoms with Crippen molar-refractivity contribution in [3.05, 3.63) is 77.5 Å². The van der Waals surface area contributed by atoms with Gasteiger partial charge in [0.25, 0.3) is 0 Å². The van der Waals surface area contributed by atoms with Crippen molar-refractivity contribution in [1.29, 1.82) is 0 Å². The number of Topliss-reactive ketones (excluding diaryl/α,β-unsaturated/α-hetero) is 1. The van der Waals surface area contributed by atoms with Crippen LogP contribution in [0.25, 0.3) is 10.9 Å². The number of pyridine rings is 1. The molecule has 2 bridgehead atoms. The maximum absolute atomic E-state index is 13.5. The summed E-state index contributed by atoms with van der Waals surface area (Å²) in [6, 6.07) is 19.2. The van der Waals surface area contributed by atoms with Gasteiger partial charge in [0.15, 0.2) is 5.78 Å². The molecular weight excluding hydrogens is 360 g/mol. The molecule has 2 atom stereocenters. The number of nitrogens with zero attached hydrogens (tertiary/aromatic N) is 2. The summed E-state index contributed by atoms with van der Waals surface area (Å²) in [7, 11) is 0. The monoisotopic (exact) mass is 386 g/mol. The van der Waals surface area contributed by atoms with E-state index in [1.807, 2.05) is 31.2 Å². The summed E-state index contributed by atoms with van der Waals surface area (Å²) >= 11 is 0. The summed E-state index contributed by atoms with van der Waals surface area (Å²) in [4.78, 5) is 20.5. The van der Waals surface area contributed by atoms with Crippen LogP contribution in [0.3, 0.4) is 0 Å². The lowest BCUT2D eigenvalue weighted by Crippen LogP contribution is -2.57. The molecule has 2 unspecified atom stereocenters. The van der Waals surface area contributed by atoms with Crippen LogP contribution in [0.1, 0.15) is 34.3 Å². The minimum absolute atomic E-state index is 0.0563. The lowest BCUT2D eigenvalue weighted by molar-refractivity contribution is -0.0872. The summed E-state index contributed by atoms with van der Waals surface area (Å²) in [5.41, 5.74) is 4.09. The zero-order valence-electron chi connectivity index (χ0n) is 16.8. The van der Waals surface area contributed by atoms with Gasteiger partial charge in [0.1, 0.15) is 0 Å². The number of hydrogen-bond acceptors (Lipinski definition) is 4. The van der Waals surface area contributed by atoms with E-state index in [0.717, 1.165) is 41.4 Å². The van der Waals surface area contributed by atoms with Crippen molar-refractivity contribution in [3.63, 3.8) is 0 Å². The lowest BCUT2D eigenvalue weighted by atomic mass is 9.79. The smallest absolute Gasteiger partial charge is 0.166 e. The van der Waals surface area contributed by atoms with Gasteiger partial charge in [0.05, 0.1) is 18.7 Å². The molecule has 2 fully saturated rings. The summed E-state index contributed by atoms with van der Waals surface area (Å²) < 4.78 is 5.86. The van der Waals surface area contributed by atoms with E-state index in [4.69, 9.17) is 4.74 Å². The Balaban J connectivity index is 1.38. The van der Waals surface area contributed by atoms with Crippen LogP contribution in [0.15, 0.2) is 60.8 Å². The minimum atomic E-state index is 0.0563. The van der Waals surface area contributed by atoms with Gasteiger partial charge in [-0.25, -0.2) is 0 Å². The third kappa shape index (κ3) is 3.47. The molecule has 0 radical (unpaired) electrons. The molecule has 2 saturated heterocycles. The molecule has 4 nitrogen and oxygen atoms in total. The summed E-state index contributed by atoms with van der Waals surface area (Å²) in [5.74, 6) is 0.326. The molecule has 1 aromatic heterocycles. The molecule has 2 aliphatic rings. The second-order valence-corrected chi connectivity index (χ2v) is 8.35. The van der Waals surface area contributed by atoms with Crippen LogP contribution in [0.4, 0.5) is 0 Å². The van der Waals surface area contributed by atoms with Gasteiger partial charge in [-0.2, -0.15) is 0 Å². The highest BCUT2D eigenvalue weighted by Crippen LogP contribution is 2.35. The maximum atomic E-state index is 13.5. The van der Waals surface area contributed by atoms with Gasteiger partial charge >= 0.3 is 0 Å². The highest BCUT2D eigenvalue weighted by Gasteiger charge is 2.41. The van der Waals surface area contributed by atoms with Crippen LogP contribution in [-0.2, 0) is 11.3 Å². The molecular formula is C25H26N2O2. The predicted molar refractivity (Wildman–Crippen MR) is 114 cm³/mol. The Kier molecular flexibility index (Phi) is 4.90. The summed E-state index contributed by atoms with van der Waals surface area (Å²) in [6.07, 6.45) is 3.52. The highest BCUT2D eigenvalue weighted by molar-refractivity contribution is 6.03. The van der Waals surface area contributed by atoms with E-state index >= 15 is 0 Å². The summed E-state index contributed by atoms with van der Waals surface area (Å²) in [5, 5.41) is 1.09. The van der Waals surface area contributed by atoms with Crippen LogP contribution < -0.4 is 0 Å². The second kappa shape index (κ2) is 7.69. The number of carbonyl (C=O) groups is 1. The lowest BCUT2D eigenvalue weighted by Gasteiger charge is -2.48. The van der Waals surface area contributed by atoms with Crippen molar-refractivity contribution in [2.24, 2.45) is 5.92 Å². The Hall–Kier alpha value is -2.56. The molecule has 0 saturated carbocycles. The number of benzene rings is 2. The third-order valence-corrected chi connectivity index (χ3v) is 6.54. The number of carbonyl (C=O) groups excluding carboxylic acids is 1. The molecule has 0 aliphatic carbocycles.